The Labute approximate surface area is 138 Å². The largest absolute Gasteiger partial charge is 0.497 e. The maximum Gasteiger partial charge on any atom is 0.235 e. The maximum absolute atomic E-state index is 12.7. The molecule has 122 valence electrons. The monoisotopic (exact) mass is 324 g/mol. The first kappa shape index (κ1) is 15.6. The van der Waals surface area contributed by atoms with Gasteiger partial charge in [0.1, 0.15) is 11.7 Å². The number of anilines is 1. The van der Waals surface area contributed by atoms with Crippen LogP contribution in [0.1, 0.15) is 17.3 Å². The number of tetrazole rings is 1. The molecule has 1 atom stereocenters. The Kier molecular flexibility index (Phi) is 4.76. The molecule has 0 aliphatic heterocycles. The predicted molar refractivity (Wildman–Crippen MR) is 86.5 cm³/mol. The van der Waals surface area contributed by atoms with Gasteiger partial charge >= 0.3 is 0 Å². The van der Waals surface area contributed by atoms with E-state index in [1.165, 1.54) is 0 Å². The minimum Gasteiger partial charge on any atom is -0.497 e. The zero-order chi connectivity index (χ0) is 16.8. The van der Waals surface area contributed by atoms with Crippen LogP contribution < -0.4 is 10.1 Å². The third-order valence-electron chi connectivity index (χ3n) is 3.49. The summed E-state index contributed by atoms with van der Waals surface area (Å²) < 4.78 is 5.17. The first-order valence-electron chi connectivity index (χ1n) is 7.33. The van der Waals surface area contributed by atoms with E-state index in [-0.39, 0.29) is 5.91 Å². The minimum absolute atomic E-state index is 0.228. The Balaban J connectivity index is 1.81. The van der Waals surface area contributed by atoms with Gasteiger partial charge < -0.3 is 10.1 Å². The van der Waals surface area contributed by atoms with Crippen molar-refractivity contribution in [2.24, 2.45) is 0 Å². The molecule has 1 amide bonds. The molecule has 2 N–H and O–H groups in total. The standard InChI is InChI=1S/C16H16N6O2/c1-24-13-6-2-5-12(9-13)18-16(23)14(15-19-21-22-20-15)8-11-4-3-7-17-10-11/h2-7,9-10,14H,8H2,1H3,(H,18,23)(H,19,20,21,22)/t14-/m1/s1. The summed E-state index contributed by atoms with van der Waals surface area (Å²) in [5.41, 5.74) is 1.55. The summed E-state index contributed by atoms with van der Waals surface area (Å²) in [5, 5.41) is 16.7. The number of hydrogen-bond donors (Lipinski definition) is 2. The summed E-state index contributed by atoms with van der Waals surface area (Å²) in [4.78, 5) is 16.8. The summed E-state index contributed by atoms with van der Waals surface area (Å²) >= 11 is 0. The number of aromatic nitrogens is 5. The van der Waals surface area contributed by atoms with E-state index in [0.717, 1.165) is 5.56 Å². The van der Waals surface area contributed by atoms with Gasteiger partial charge in [0.15, 0.2) is 5.82 Å². The number of amides is 1. The lowest BCUT2D eigenvalue weighted by molar-refractivity contribution is -0.117. The van der Waals surface area contributed by atoms with E-state index in [1.54, 1.807) is 37.7 Å². The number of H-pyrrole nitrogens is 1. The molecular weight excluding hydrogens is 308 g/mol. The van der Waals surface area contributed by atoms with Crippen molar-refractivity contribution >= 4 is 11.6 Å². The average molecular weight is 324 g/mol. The van der Waals surface area contributed by atoms with Crippen molar-refractivity contribution in [2.45, 2.75) is 12.3 Å². The molecule has 0 bridgehead atoms. The molecule has 0 saturated heterocycles. The number of pyridine rings is 1. The lowest BCUT2D eigenvalue weighted by atomic mass is 9.98. The number of ether oxygens (including phenoxy) is 1. The van der Waals surface area contributed by atoms with Crippen molar-refractivity contribution < 1.29 is 9.53 Å². The third-order valence-corrected chi connectivity index (χ3v) is 3.49. The van der Waals surface area contributed by atoms with E-state index < -0.39 is 5.92 Å². The quantitative estimate of drug-likeness (QED) is 0.713. The fourth-order valence-corrected chi connectivity index (χ4v) is 2.30. The second-order valence-corrected chi connectivity index (χ2v) is 5.11. The molecule has 2 aromatic heterocycles. The van der Waals surface area contributed by atoms with Gasteiger partial charge in [-0.1, -0.05) is 17.3 Å². The second kappa shape index (κ2) is 7.32. The van der Waals surface area contributed by atoms with Gasteiger partial charge in [-0.15, -0.1) is 10.2 Å². The number of aromatic amines is 1. The molecule has 0 aliphatic carbocycles. The van der Waals surface area contributed by atoms with Crippen molar-refractivity contribution in [1.29, 1.82) is 0 Å². The first-order chi connectivity index (χ1) is 11.8. The van der Waals surface area contributed by atoms with E-state index in [1.807, 2.05) is 18.2 Å². The minimum atomic E-state index is -0.584. The van der Waals surface area contributed by atoms with Gasteiger partial charge in [-0.05, 0) is 30.2 Å². The summed E-state index contributed by atoms with van der Waals surface area (Å²) in [6, 6.07) is 10.9. The van der Waals surface area contributed by atoms with Crippen LogP contribution in [0, 0.1) is 0 Å². The molecule has 8 heteroatoms. The number of carbonyl (C=O) groups is 1. The number of methoxy groups -OCH3 is 1. The third kappa shape index (κ3) is 3.72. The lowest BCUT2D eigenvalue weighted by Crippen LogP contribution is -2.24. The average Bonchev–Trinajstić information content (AvgIpc) is 3.15. The summed E-state index contributed by atoms with van der Waals surface area (Å²) in [6.07, 6.45) is 3.82. The number of nitrogens with one attached hydrogen (secondary N) is 2. The Morgan fingerprint density at radius 2 is 2.25 bits per heavy atom. The first-order valence-corrected chi connectivity index (χ1v) is 7.33. The van der Waals surface area contributed by atoms with Gasteiger partial charge in [-0.2, -0.15) is 5.21 Å². The fourth-order valence-electron chi connectivity index (χ4n) is 2.30. The van der Waals surface area contributed by atoms with Gasteiger partial charge in [0.25, 0.3) is 0 Å². The molecule has 0 saturated carbocycles. The zero-order valence-electron chi connectivity index (χ0n) is 13.0. The molecule has 8 nitrogen and oxygen atoms in total. The van der Waals surface area contributed by atoms with Crippen LogP contribution in [0.5, 0.6) is 5.75 Å². The fraction of sp³-hybridized carbons (Fsp3) is 0.188. The Bertz CT molecular complexity index is 791. The molecule has 0 fully saturated rings. The molecule has 0 aliphatic rings. The molecular formula is C16H16N6O2. The van der Waals surface area contributed by atoms with E-state index in [2.05, 4.69) is 30.9 Å². The highest BCUT2D eigenvalue weighted by molar-refractivity contribution is 5.95. The topological polar surface area (TPSA) is 106 Å². The van der Waals surface area contributed by atoms with Crippen LogP contribution in [0.3, 0.4) is 0 Å². The Morgan fingerprint density at radius 1 is 1.33 bits per heavy atom. The Morgan fingerprint density at radius 3 is 2.96 bits per heavy atom. The van der Waals surface area contributed by atoms with Gasteiger partial charge in [-0.3, -0.25) is 9.78 Å². The number of nitrogens with zero attached hydrogens (tertiary/aromatic N) is 4. The van der Waals surface area contributed by atoms with Gasteiger partial charge in [-0.25, -0.2) is 0 Å². The molecule has 0 radical (unpaired) electrons. The molecule has 3 aromatic rings. The second-order valence-electron chi connectivity index (χ2n) is 5.11. The maximum atomic E-state index is 12.7. The lowest BCUT2D eigenvalue weighted by Gasteiger charge is -2.14. The van der Waals surface area contributed by atoms with E-state index in [9.17, 15) is 4.79 Å². The molecule has 3 rings (SSSR count). The number of carbonyl (C=O) groups excluding carboxylic acids is 1. The van der Waals surface area contributed by atoms with Crippen LogP contribution in [0.15, 0.2) is 48.8 Å². The van der Waals surface area contributed by atoms with Crippen molar-refractivity contribution in [2.75, 3.05) is 12.4 Å². The Hall–Kier alpha value is -3.29. The van der Waals surface area contributed by atoms with Crippen LogP contribution >= 0.6 is 0 Å². The van der Waals surface area contributed by atoms with Gasteiger partial charge in [0, 0.05) is 24.1 Å². The van der Waals surface area contributed by atoms with E-state index >= 15 is 0 Å². The number of rotatable bonds is 6. The number of benzene rings is 1. The molecule has 24 heavy (non-hydrogen) atoms. The van der Waals surface area contributed by atoms with Crippen LogP contribution in [0.25, 0.3) is 0 Å². The van der Waals surface area contributed by atoms with Crippen molar-refractivity contribution in [3.05, 3.63) is 60.2 Å². The highest BCUT2D eigenvalue weighted by Crippen LogP contribution is 2.21. The van der Waals surface area contributed by atoms with Gasteiger partial charge in [0.2, 0.25) is 5.91 Å². The molecule has 1 aromatic carbocycles. The normalized spacial score (nSPS) is 11.7. The van der Waals surface area contributed by atoms with Gasteiger partial charge in [0.05, 0.1) is 7.11 Å². The van der Waals surface area contributed by atoms with Crippen LogP contribution in [0.4, 0.5) is 5.69 Å². The van der Waals surface area contributed by atoms with Crippen LogP contribution in [0.2, 0.25) is 0 Å². The summed E-state index contributed by atoms with van der Waals surface area (Å²) in [5.74, 6) is 0.183. The summed E-state index contributed by atoms with van der Waals surface area (Å²) in [6.45, 7) is 0. The highest BCUT2D eigenvalue weighted by atomic mass is 16.5. The van der Waals surface area contributed by atoms with Crippen LogP contribution in [-0.2, 0) is 11.2 Å². The molecule has 0 spiro atoms. The summed E-state index contributed by atoms with van der Waals surface area (Å²) in [7, 11) is 1.57. The zero-order valence-corrected chi connectivity index (χ0v) is 13.0. The SMILES string of the molecule is COc1cccc(NC(=O)[C@H](Cc2cccnc2)c2nn[nH]n2)c1. The van der Waals surface area contributed by atoms with Crippen LogP contribution in [-0.4, -0.2) is 38.6 Å². The smallest absolute Gasteiger partial charge is 0.235 e. The molecule has 0 unspecified atom stereocenters. The van der Waals surface area contributed by atoms with E-state index in [0.29, 0.717) is 23.7 Å². The van der Waals surface area contributed by atoms with Crippen molar-refractivity contribution in [3.8, 4) is 5.75 Å². The number of hydrogen-bond acceptors (Lipinski definition) is 6. The van der Waals surface area contributed by atoms with Crippen molar-refractivity contribution in [1.82, 2.24) is 25.6 Å². The molecule has 2 heterocycles. The highest BCUT2D eigenvalue weighted by Gasteiger charge is 2.25. The van der Waals surface area contributed by atoms with Crippen molar-refractivity contribution in [3.63, 3.8) is 0 Å². The van der Waals surface area contributed by atoms with E-state index in [4.69, 9.17) is 4.74 Å². The predicted octanol–water partition coefficient (Wildman–Crippen LogP) is 1.57.